The second-order valence-electron chi connectivity index (χ2n) is 1.98. The van der Waals surface area contributed by atoms with Crippen LogP contribution in [0.2, 0.25) is 0 Å². The molecule has 0 radical (unpaired) electrons. The Hall–Kier alpha value is -1.03. The number of hydrogen-bond acceptors (Lipinski definition) is 2. The minimum atomic E-state index is -1.09. The van der Waals surface area contributed by atoms with Gasteiger partial charge in [-0.1, -0.05) is 28.1 Å². The lowest BCUT2D eigenvalue weighted by Gasteiger charge is -2.05. The van der Waals surface area contributed by atoms with Gasteiger partial charge in [0.05, 0.1) is 5.56 Å². The van der Waals surface area contributed by atoms with Crippen molar-refractivity contribution in [3.05, 3.63) is 28.2 Å². The van der Waals surface area contributed by atoms with Gasteiger partial charge in [0.15, 0.2) is 0 Å². The molecule has 0 bridgehead atoms. The molecule has 0 amide bonds. The Balaban J connectivity index is 3.19. The minimum absolute atomic E-state index is 0.00405. The number of carbonyl (C=O) groups is 1. The van der Waals surface area contributed by atoms with E-state index < -0.39 is 5.97 Å². The topological polar surface area (TPSA) is 60.4 Å². The van der Waals surface area contributed by atoms with Gasteiger partial charge >= 0.3 is 5.97 Å². The molecule has 1 rings (SSSR count). The molecule has 0 aliphatic carbocycles. The van der Waals surface area contributed by atoms with Crippen LogP contribution in [0.1, 0.15) is 10.4 Å². The van der Waals surface area contributed by atoms with Gasteiger partial charge in [-0.3, -0.25) is 0 Å². The summed E-state index contributed by atoms with van der Waals surface area (Å²) in [7, 11) is 0. The zero-order valence-corrected chi connectivity index (χ0v) is 6.96. The summed E-state index contributed by atoms with van der Waals surface area (Å²) >= 11 is 3.02. The summed E-state index contributed by atoms with van der Waals surface area (Å²) < 4.78 is 0.488. The van der Waals surface area contributed by atoms with E-state index in [1.807, 2.05) is 0 Å². The monoisotopic (exact) mass is 215 g/mol. The van der Waals surface area contributed by atoms with Crippen molar-refractivity contribution in [1.82, 2.24) is 0 Å². The molecular weight excluding hydrogens is 212 g/mol. The van der Waals surface area contributed by atoms with Crippen molar-refractivity contribution in [1.29, 1.82) is 0 Å². The molecule has 3 nitrogen and oxygen atoms in total. The molecule has 1 aromatic rings. The highest BCUT2D eigenvalue weighted by atomic mass is 79.9. The molecule has 1 aromatic carbocycles. The van der Waals surface area contributed by atoms with Crippen LogP contribution in [-0.4, -0.2) is 11.1 Å². The quantitative estimate of drug-likeness (QED) is 0.767. The van der Waals surface area contributed by atoms with Gasteiger partial charge in [-0.2, -0.15) is 0 Å². The van der Waals surface area contributed by atoms with E-state index in [9.17, 15) is 9.90 Å². The van der Waals surface area contributed by atoms with E-state index >= 15 is 0 Å². The Kier molecular flexibility index (Phi) is 2.14. The van der Waals surface area contributed by atoms with Crippen molar-refractivity contribution < 1.29 is 15.0 Å². The first-order valence-electron chi connectivity index (χ1n) is 2.80. The highest BCUT2D eigenvalue weighted by molar-refractivity contribution is 9.10. The molecule has 0 spiro atoms. The van der Waals surface area contributed by atoms with Crippen LogP contribution in [0.3, 0.4) is 0 Å². The van der Waals surface area contributed by atoms with Crippen molar-refractivity contribution in [2.45, 2.75) is 0 Å². The molecule has 4 heteroatoms. The van der Waals surface area contributed by atoms with Gasteiger partial charge in [0.2, 0.25) is 0 Å². The molecule has 0 unspecified atom stereocenters. The fourth-order valence-corrected chi connectivity index (χ4v) is 1.16. The second-order valence-corrected chi connectivity index (χ2v) is 2.90. The van der Waals surface area contributed by atoms with Crippen molar-refractivity contribution >= 4 is 21.9 Å². The smallest absolute Gasteiger partial charge is 0.335 e. The van der Waals surface area contributed by atoms with Crippen LogP contribution in [0.25, 0.3) is 0 Å². The molecule has 0 aromatic heterocycles. The van der Waals surface area contributed by atoms with Crippen LogP contribution in [0.15, 0.2) is 22.7 Å². The van der Waals surface area contributed by atoms with Crippen LogP contribution in [0, 0.1) is 0 Å². The van der Waals surface area contributed by atoms with E-state index in [4.69, 9.17) is 5.11 Å². The van der Waals surface area contributed by atoms with Gasteiger partial charge in [0.25, 0.3) is 0 Å². The summed E-state index contributed by atoms with van der Waals surface area (Å²) in [4.78, 5) is 10.3. The van der Waals surface area contributed by atoms with Crippen LogP contribution in [-0.2, 0) is 0 Å². The zero-order chi connectivity index (χ0) is 8.43. The number of carboxylic acids is 1. The third-order valence-corrected chi connectivity index (χ3v) is 1.58. The molecule has 0 aliphatic rings. The van der Waals surface area contributed by atoms with Gasteiger partial charge < -0.3 is 10.2 Å². The first-order chi connectivity index (χ1) is 5.09. The van der Waals surface area contributed by atoms with E-state index in [1.165, 1.54) is 12.1 Å². The Labute approximate surface area is 71.4 Å². The van der Waals surface area contributed by atoms with Crippen LogP contribution in [0.5, 0.6) is 5.75 Å². The van der Waals surface area contributed by atoms with Gasteiger partial charge in [-0.25, -0.2) is 4.79 Å². The maximum atomic E-state index is 10.7. The third-order valence-electron chi connectivity index (χ3n) is 1.12. The minimum Gasteiger partial charge on any atom is -0.872 e. The Morgan fingerprint density at radius 1 is 1.45 bits per heavy atom. The van der Waals surface area contributed by atoms with Gasteiger partial charge in [-0.05, 0) is 6.07 Å². The molecule has 0 saturated heterocycles. The third kappa shape index (κ3) is 1.94. The van der Waals surface area contributed by atoms with Crippen molar-refractivity contribution in [3.63, 3.8) is 0 Å². The fourth-order valence-electron chi connectivity index (χ4n) is 0.686. The average molecular weight is 216 g/mol. The Bertz CT molecular complexity index is 275. The number of carboxylic acid groups (broad SMARTS) is 1. The lowest BCUT2D eigenvalue weighted by Crippen LogP contribution is -1.98. The van der Waals surface area contributed by atoms with Crippen LogP contribution < -0.4 is 5.11 Å². The molecular formula is C7H4BrO3-. The first kappa shape index (κ1) is 8.07. The van der Waals surface area contributed by atoms with Crippen molar-refractivity contribution in [3.8, 4) is 5.75 Å². The molecule has 0 heterocycles. The van der Waals surface area contributed by atoms with E-state index in [2.05, 4.69) is 15.9 Å². The van der Waals surface area contributed by atoms with E-state index in [-0.39, 0.29) is 11.3 Å². The number of halogens is 1. The standard InChI is InChI=1S/C7H5BrO3/c8-5-1-4(7(10)11)2-6(9)3-5/h1-3,9H,(H,10,11)/p-1. The summed E-state index contributed by atoms with van der Waals surface area (Å²) in [6.45, 7) is 0. The molecule has 1 N–H and O–H groups in total. The summed E-state index contributed by atoms with van der Waals surface area (Å²) in [5.41, 5.74) is 0.00405. The SMILES string of the molecule is O=C(O)c1cc([O-])cc(Br)c1. The number of hydrogen-bond donors (Lipinski definition) is 1. The Morgan fingerprint density at radius 2 is 2.09 bits per heavy atom. The van der Waals surface area contributed by atoms with Crippen molar-refractivity contribution in [2.24, 2.45) is 0 Å². The summed E-state index contributed by atoms with van der Waals surface area (Å²) in [5.74, 6) is -1.40. The number of aromatic carboxylic acids is 1. The second kappa shape index (κ2) is 2.92. The largest absolute Gasteiger partial charge is 0.872 e. The molecule has 0 aliphatic heterocycles. The molecule has 11 heavy (non-hydrogen) atoms. The molecule has 0 saturated carbocycles. The lowest BCUT2D eigenvalue weighted by molar-refractivity contribution is -0.268. The maximum absolute atomic E-state index is 10.7. The zero-order valence-electron chi connectivity index (χ0n) is 5.37. The van der Waals surface area contributed by atoms with Gasteiger partial charge in [0, 0.05) is 4.47 Å². The lowest BCUT2D eigenvalue weighted by atomic mass is 10.2. The van der Waals surface area contributed by atoms with E-state index in [0.29, 0.717) is 4.47 Å². The number of benzene rings is 1. The van der Waals surface area contributed by atoms with E-state index in [0.717, 1.165) is 6.07 Å². The van der Waals surface area contributed by atoms with Gasteiger partial charge in [-0.15, -0.1) is 5.75 Å². The summed E-state index contributed by atoms with van der Waals surface area (Å²) in [5, 5.41) is 19.2. The normalized spacial score (nSPS) is 9.55. The summed E-state index contributed by atoms with van der Waals surface area (Å²) in [6, 6.07) is 3.77. The Morgan fingerprint density at radius 3 is 2.55 bits per heavy atom. The highest BCUT2D eigenvalue weighted by Gasteiger charge is 2.01. The summed E-state index contributed by atoms with van der Waals surface area (Å²) in [6.07, 6.45) is 0. The molecule has 58 valence electrons. The van der Waals surface area contributed by atoms with Crippen LogP contribution in [0.4, 0.5) is 0 Å². The predicted molar refractivity (Wildman–Crippen MR) is 40.5 cm³/mol. The van der Waals surface area contributed by atoms with Crippen LogP contribution >= 0.6 is 15.9 Å². The van der Waals surface area contributed by atoms with Crippen molar-refractivity contribution in [2.75, 3.05) is 0 Å². The molecule has 0 atom stereocenters. The van der Waals surface area contributed by atoms with E-state index in [1.54, 1.807) is 0 Å². The highest BCUT2D eigenvalue weighted by Crippen LogP contribution is 2.17. The average Bonchev–Trinajstić information content (AvgIpc) is 1.85. The fraction of sp³-hybridized carbons (Fsp3) is 0. The molecule has 0 fully saturated rings. The number of rotatable bonds is 1. The predicted octanol–water partition coefficient (Wildman–Crippen LogP) is 1.22. The van der Waals surface area contributed by atoms with Gasteiger partial charge in [0.1, 0.15) is 0 Å². The maximum Gasteiger partial charge on any atom is 0.335 e. The first-order valence-corrected chi connectivity index (χ1v) is 3.60.